The van der Waals surface area contributed by atoms with E-state index in [0.717, 1.165) is 4.47 Å². The van der Waals surface area contributed by atoms with Crippen molar-refractivity contribution in [3.05, 3.63) is 56.5 Å². The number of amides is 1. The summed E-state index contributed by atoms with van der Waals surface area (Å²) in [4.78, 5) is 20.9. The van der Waals surface area contributed by atoms with Crippen LogP contribution in [0, 0.1) is 6.92 Å². The van der Waals surface area contributed by atoms with Gasteiger partial charge in [-0.3, -0.25) is 9.20 Å². The topological polar surface area (TPSA) is 59.3 Å². The number of anilines is 1. The van der Waals surface area contributed by atoms with E-state index >= 15 is 0 Å². The number of halogens is 3. The number of nitrogens with zero attached hydrogens (tertiary/aromatic N) is 3. The van der Waals surface area contributed by atoms with Gasteiger partial charge in [-0.2, -0.15) is 0 Å². The van der Waals surface area contributed by atoms with Crippen LogP contribution >= 0.6 is 39.1 Å². The molecule has 3 aromatic rings. The van der Waals surface area contributed by atoms with Gasteiger partial charge < -0.3 is 5.32 Å². The van der Waals surface area contributed by atoms with E-state index < -0.39 is 0 Å². The molecule has 0 spiro atoms. The van der Waals surface area contributed by atoms with Gasteiger partial charge in [-0.25, -0.2) is 9.97 Å². The predicted molar refractivity (Wildman–Crippen MR) is 89.8 cm³/mol. The first-order chi connectivity index (χ1) is 10.5. The number of aromatic nitrogens is 3. The molecular weight excluding hydrogens is 391 g/mol. The van der Waals surface area contributed by atoms with E-state index in [4.69, 9.17) is 23.2 Å². The Morgan fingerprint density at radius 2 is 2.14 bits per heavy atom. The molecular formula is C14H9BrCl2N4O. The largest absolute Gasteiger partial charge is 0.305 e. The first-order valence-electron chi connectivity index (χ1n) is 6.22. The minimum absolute atomic E-state index is 0.335. The Labute approximate surface area is 144 Å². The average molecular weight is 400 g/mol. The molecule has 3 aromatic heterocycles. The third-order valence-corrected chi connectivity index (χ3v) is 3.95. The van der Waals surface area contributed by atoms with Crippen LogP contribution in [0.4, 0.5) is 5.82 Å². The standard InChI is InChI=1S/C14H9BrCl2N4O/c1-7-12(14(22)20-11-3-2-8(15)5-18-11)21-6-9(16)4-10(17)13(21)19-7/h2-6H,1H3,(H,18,20,22). The lowest BCUT2D eigenvalue weighted by molar-refractivity contribution is 0.102. The molecule has 3 rings (SSSR count). The van der Waals surface area contributed by atoms with Gasteiger partial charge in [0.05, 0.1) is 15.7 Å². The molecule has 112 valence electrons. The maximum absolute atomic E-state index is 12.5. The Balaban J connectivity index is 2.03. The lowest BCUT2D eigenvalue weighted by Gasteiger charge is -2.06. The maximum Gasteiger partial charge on any atom is 0.275 e. The third-order valence-electron chi connectivity index (χ3n) is 3.00. The Morgan fingerprint density at radius 3 is 2.82 bits per heavy atom. The van der Waals surface area contributed by atoms with Crippen molar-refractivity contribution in [1.29, 1.82) is 0 Å². The van der Waals surface area contributed by atoms with E-state index in [-0.39, 0.29) is 5.91 Å². The summed E-state index contributed by atoms with van der Waals surface area (Å²) in [7, 11) is 0. The number of fused-ring (bicyclic) bond motifs is 1. The van der Waals surface area contributed by atoms with Crippen molar-refractivity contribution < 1.29 is 4.79 Å². The van der Waals surface area contributed by atoms with Crippen molar-refractivity contribution in [3.63, 3.8) is 0 Å². The molecule has 0 atom stereocenters. The molecule has 0 unspecified atom stereocenters. The van der Waals surface area contributed by atoms with Gasteiger partial charge in [0.25, 0.3) is 5.91 Å². The molecule has 1 amide bonds. The molecule has 1 N–H and O–H groups in total. The minimum atomic E-state index is -0.335. The van der Waals surface area contributed by atoms with E-state index in [9.17, 15) is 4.79 Å². The highest BCUT2D eigenvalue weighted by atomic mass is 79.9. The van der Waals surface area contributed by atoms with Crippen molar-refractivity contribution in [1.82, 2.24) is 14.4 Å². The van der Waals surface area contributed by atoms with Crippen LogP contribution in [-0.4, -0.2) is 20.3 Å². The molecule has 5 nitrogen and oxygen atoms in total. The number of nitrogens with one attached hydrogen (secondary N) is 1. The second-order valence-corrected chi connectivity index (χ2v) is 6.32. The second kappa shape index (κ2) is 5.87. The molecule has 0 aromatic carbocycles. The zero-order valence-electron chi connectivity index (χ0n) is 11.3. The zero-order valence-corrected chi connectivity index (χ0v) is 14.4. The molecule has 0 aliphatic carbocycles. The van der Waals surface area contributed by atoms with E-state index in [2.05, 4.69) is 31.2 Å². The fourth-order valence-electron chi connectivity index (χ4n) is 2.09. The molecule has 22 heavy (non-hydrogen) atoms. The van der Waals surface area contributed by atoms with Crippen molar-refractivity contribution in [2.24, 2.45) is 0 Å². The number of hydrogen-bond acceptors (Lipinski definition) is 3. The van der Waals surface area contributed by atoms with Crippen molar-refractivity contribution in [2.45, 2.75) is 6.92 Å². The Bertz CT molecular complexity index is 877. The maximum atomic E-state index is 12.5. The van der Waals surface area contributed by atoms with E-state index in [1.807, 2.05) is 0 Å². The molecule has 8 heteroatoms. The summed E-state index contributed by atoms with van der Waals surface area (Å²) in [6, 6.07) is 5.07. The average Bonchev–Trinajstić information content (AvgIpc) is 2.78. The summed E-state index contributed by atoms with van der Waals surface area (Å²) in [6.45, 7) is 1.74. The van der Waals surface area contributed by atoms with Crippen LogP contribution in [-0.2, 0) is 0 Å². The fourth-order valence-corrected chi connectivity index (χ4v) is 2.83. The van der Waals surface area contributed by atoms with Gasteiger partial charge in [-0.1, -0.05) is 23.2 Å². The van der Waals surface area contributed by atoms with Crippen LogP contribution in [0.1, 0.15) is 16.2 Å². The highest BCUT2D eigenvalue weighted by Gasteiger charge is 2.19. The highest BCUT2D eigenvalue weighted by molar-refractivity contribution is 9.10. The smallest absolute Gasteiger partial charge is 0.275 e. The molecule has 0 saturated heterocycles. The van der Waals surface area contributed by atoms with Crippen LogP contribution in [0.2, 0.25) is 10.0 Å². The second-order valence-electron chi connectivity index (χ2n) is 4.56. The molecule has 0 fully saturated rings. The molecule has 0 aliphatic heterocycles. The van der Waals surface area contributed by atoms with Crippen molar-refractivity contribution in [3.8, 4) is 0 Å². The van der Waals surface area contributed by atoms with Crippen LogP contribution in [0.3, 0.4) is 0 Å². The lowest BCUT2D eigenvalue weighted by atomic mass is 10.3. The number of aryl methyl sites for hydroxylation is 1. The Hall–Kier alpha value is -1.63. The highest BCUT2D eigenvalue weighted by Crippen LogP contribution is 2.24. The first kappa shape index (κ1) is 15.3. The number of rotatable bonds is 2. The van der Waals surface area contributed by atoms with Gasteiger partial charge in [0.1, 0.15) is 11.5 Å². The Kier molecular flexibility index (Phi) is 4.08. The molecule has 0 bridgehead atoms. The van der Waals surface area contributed by atoms with E-state index in [1.54, 1.807) is 41.9 Å². The lowest BCUT2D eigenvalue weighted by Crippen LogP contribution is -2.16. The molecule has 0 saturated carbocycles. The SMILES string of the molecule is Cc1nc2c(Cl)cc(Cl)cn2c1C(=O)Nc1ccc(Br)cn1. The Morgan fingerprint density at radius 1 is 1.36 bits per heavy atom. The predicted octanol–water partition coefficient (Wildman–Crippen LogP) is 4.36. The number of carbonyl (C=O) groups excluding carboxylic acids is 1. The summed E-state index contributed by atoms with van der Waals surface area (Å²) in [5.74, 6) is 0.105. The number of carbonyl (C=O) groups is 1. The normalized spacial score (nSPS) is 10.9. The monoisotopic (exact) mass is 398 g/mol. The van der Waals surface area contributed by atoms with Crippen LogP contribution in [0.15, 0.2) is 35.1 Å². The molecule has 3 heterocycles. The van der Waals surface area contributed by atoms with Gasteiger partial charge in [0, 0.05) is 16.9 Å². The van der Waals surface area contributed by atoms with Gasteiger partial charge in [0.2, 0.25) is 0 Å². The van der Waals surface area contributed by atoms with Crippen molar-refractivity contribution >= 4 is 56.5 Å². The fraction of sp³-hybridized carbons (Fsp3) is 0.0714. The van der Waals surface area contributed by atoms with Crippen molar-refractivity contribution in [2.75, 3.05) is 5.32 Å². The first-order valence-corrected chi connectivity index (χ1v) is 7.77. The van der Waals surface area contributed by atoms with Crippen LogP contribution in [0.5, 0.6) is 0 Å². The molecule has 0 aliphatic rings. The minimum Gasteiger partial charge on any atom is -0.305 e. The number of pyridine rings is 2. The van der Waals surface area contributed by atoms with E-state index in [1.165, 1.54) is 0 Å². The summed E-state index contributed by atoms with van der Waals surface area (Å²) in [5, 5.41) is 3.53. The van der Waals surface area contributed by atoms with Gasteiger partial charge in [-0.05, 0) is 41.1 Å². The van der Waals surface area contributed by atoms with Gasteiger partial charge >= 0.3 is 0 Å². The quantitative estimate of drug-likeness (QED) is 0.696. The summed E-state index contributed by atoms with van der Waals surface area (Å²) in [6.07, 6.45) is 3.21. The van der Waals surface area contributed by atoms with Crippen LogP contribution in [0.25, 0.3) is 5.65 Å². The summed E-state index contributed by atoms with van der Waals surface area (Å²) < 4.78 is 2.41. The van der Waals surface area contributed by atoms with Gasteiger partial charge in [0.15, 0.2) is 5.65 Å². The summed E-state index contributed by atoms with van der Waals surface area (Å²) >= 11 is 15.4. The van der Waals surface area contributed by atoms with E-state index in [0.29, 0.717) is 32.9 Å². The third kappa shape index (κ3) is 2.82. The van der Waals surface area contributed by atoms with Crippen LogP contribution < -0.4 is 5.32 Å². The zero-order chi connectivity index (χ0) is 15.9. The number of imidazole rings is 1. The number of hydrogen-bond donors (Lipinski definition) is 1. The van der Waals surface area contributed by atoms with Gasteiger partial charge in [-0.15, -0.1) is 0 Å². The molecule has 0 radical (unpaired) electrons. The summed E-state index contributed by atoms with van der Waals surface area (Å²) in [5.41, 5.74) is 1.40.